The molecule has 0 aromatic heterocycles. The van der Waals surface area contributed by atoms with Gasteiger partial charge in [-0.1, -0.05) is 99.1 Å². The third kappa shape index (κ3) is 18.2. The molecule has 4 aromatic carbocycles. The molecule has 0 N–H and O–H groups in total. The maximum Gasteiger partial charge on any atom is 0.330 e. The van der Waals surface area contributed by atoms with Crippen LogP contribution in [0, 0.1) is 13.1 Å². The number of nitrogens with zero attached hydrogens (tertiary/aromatic N) is 2. The fourth-order valence-electron chi connectivity index (χ4n) is 4.97. The zero-order chi connectivity index (χ0) is 44.2. The standard InChI is InChI=1S/C26H27NO6.C22H19NO5/c1-4-25(28)32-19-24(33-26(29)5-2)18-30-16-6-7-17-31-23-14-10-21(11-15-23)20-8-12-22(27-3)13-9-20;1-4-21(24)27-15-20(28-22(25)5-2)14-26-19-12-8-17(9-13-19)16-6-10-18(23-3)11-7-16/h4-5,8-15,24H,1-2,6-7,16-19H2;4-13,20H,1-2,14-15H2. The molecule has 0 radical (unpaired) electrons. The van der Waals surface area contributed by atoms with Crippen molar-refractivity contribution in [1.82, 2.24) is 0 Å². The lowest BCUT2D eigenvalue weighted by Crippen LogP contribution is -2.30. The molecule has 2 unspecified atom stereocenters. The molecule has 0 saturated heterocycles. The molecule has 4 aromatic rings. The molecule has 0 aliphatic heterocycles. The molecule has 13 nitrogen and oxygen atoms in total. The fourth-order valence-corrected chi connectivity index (χ4v) is 4.97. The van der Waals surface area contributed by atoms with Gasteiger partial charge >= 0.3 is 23.9 Å². The van der Waals surface area contributed by atoms with Crippen LogP contribution in [0.25, 0.3) is 31.9 Å². The summed E-state index contributed by atoms with van der Waals surface area (Å²) in [6, 6.07) is 29.8. The van der Waals surface area contributed by atoms with Gasteiger partial charge in [0.2, 0.25) is 0 Å². The van der Waals surface area contributed by atoms with Crippen LogP contribution in [0.3, 0.4) is 0 Å². The highest BCUT2D eigenvalue weighted by Gasteiger charge is 2.17. The van der Waals surface area contributed by atoms with E-state index in [1.54, 1.807) is 36.4 Å². The van der Waals surface area contributed by atoms with E-state index in [1.165, 1.54) is 0 Å². The van der Waals surface area contributed by atoms with Crippen molar-refractivity contribution in [2.45, 2.75) is 25.0 Å². The number of carbonyl (C=O) groups is 4. The average molecular weight is 827 g/mol. The molecule has 61 heavy (non-hydrogen) atoms. The van der Waals surface area contributed by atoms with Crippen molar-refractivity contribution < 1.29 is 52.3 Å². The van der Waals surface area contributed by atoms with Crippen LogP contribution in [0.1, 0.15) is 12.8 Å². The second kappa shape index (κ2) is 27.0. The fraction of sp³-hybridized carbons (Fsp3) is 0.208. The van der Waals surface area contributed by atoms with Crippen LogP contribution in [0.5, 0.6) is 11.5 Å². The number of unbranched alkanes of at least 4 members (excludes halogenated alkanes) is 1. The Kier molecular flexibility index (Phi) is 21.1. The molecular formula is C48H46N2O11. The largest absolute Gasteiger partial charge is 0.494 e. The van der Waals surface area contributed by atoms with Crippen molar-refractivity contribution in [2.75, 3.05) is 39.6 Å². The summed E-state index contributed by atoms with van der Waals surface area (Å²) in [6.07, 6.45) is 4.16. The molecule has 0 spiro atoms. The van der Waals surface area contributed by atoms with E-state index < -0.39 is 36.1 Å². The Morgan fingerprint density at radius 3 is 1.23 bits per heavy atom. The van der Waals surface area contributed by atoms with Gasteiger partial charge in [0, 0.05) is 30.9 Å². The molecular weight excluding hydrogens is 781 g/mol. The molecule has 0 amide bonds. The van der Waals surface area contributed by atoms with E-state index in [0.717, 1.165) is 65.1 Å². The molecule has 0 fully saturated rings. The predicted molar refractivity (Wildman–Crippen MR) is 230 cm³/mol. The Morgan fingerprint density at radius 1 is 0.475 bits per heavy atom. The summed E-state index contributed by atoms with van der Waals surface area (Å²) >= 11 is 0. The topological polar surface area (TPSA) is 142 Å². The molecule has 0 bridgehead atoms. The highest BCUT2D eigenvalue weighted by molar-refractivity contribution is 5.83. The minimum atomic E-state index is -0.782. The van der Waals surface area contributed by atoms with Gasteiger partial charge in [-0.25, -0.2) is 28.9 Å². The molecule has 0 aliphatic rings. The van der Waals surface area contributed by atoms with Crippen molar-refractivity contribution in [2.24, 2.45) is 0 Å². The van der Waals surface area contributed by atoms with Gasteiger partial charge in [0.05, 0.1) is 26.4 Å². The van der Waals surface area contributed by atoms with E-state index in [2.05, 4.69) is 36.0 Å². The minimum absolute atomic E-state index is 0.00303. The first-order valence-corrected chi connectivity index (χ1v) is 18.8. The summed E-state index contributed by atoms with van der Waals surface area (Å²) in [7, 11) is 0. The second-order valence-electron chi connectivity index (χ2n) is 12.5. The lowest BCUT2D eigenvalue weighted by atomic mass is 10.1. The quantitative estimate of drug-likeness (QED) is 0.0233. The van der Waals surface area contributed by atoms with Crippen LogP contribution < -0.4 is 9.47 Å². The van der Waals surface area contributed by atoms with Crippen LogP contribution in [0.2, 0.25) is 0 Å². The summed E-state index contributed by atoms with van der Waals surface area (Å²) in [4.78, 5) is 52.0. The lowest BCUT2D eigenvalue weighted by molar-refractivity contribution is -0.156. The molecule has 13 heteroatoms. The van der Waals surface area contributed by atoms with Crippen molar-refractivity contribution in [3.8, 4) is 33.8 Å². The third-order valence-corrected chi connectivity index (χ3v) is 8.11. The Hall–Kier alpha value is -7.74. The maximum absolute atomic E-state index is 11.4. The van der Waals surface area contributed by atoms with Gasteiger partial charge in [-0.05, 0) is 59.4 Å². The first-order valence-electron chi connectivity index (χ1n) is 18.8. The van der Waals surface area contributed by atoms with Crippen LogP contribution in [0.4, 0.5) is 11.4 Å². The van der Waals surface area contributed by atoms with Gasteiger partial charge in [-0.2, -0.15) is 0 Å². The zero-order valence-corrected chi connectivity index (χ0v) is 33.6. The van der Waals surface area contributed by atoms with Gasteiger partial charge in [-0.3, -0.25) is 0 Å². The van der Waals surface area contributed by atoms with E-state index >= 15 is 0 Å². The van der Waals surface area contributed by atoms with Crippen LogP contribution >= 0.6 is 0 Å². The van der Waals surface area contributed by atoms with Crippen molar-refractivity contribution in [1.29, 1.82) is 0 Å². The van der Waals surface area contributed by atoms with Gasteiger partial charge < -0.3 is 33.2 Å². The van der Waals surface area contributed by atoms with Crippen LogP contribution in [-0.2, 0) is 42.9 Å². The van der Waals surface area contributed by atoms with E-state index in [1.807, 2.05) is 60.7 Å². The Morgan fingerprint density at radius 2 is 0.836 bits per heavy atom. The molecule has 4 rings (SSSR count). The van der Waals surface area contributed by atoms with Gasteiger partial charge in [0.15, 0.2) is 23.6 Å². The SMILES string of the molecule is [C-]#[N+]c1ccc(-c2ccc(OCC(COC(=O)C=C)OC(=O)C=C)cc2)cc1.[C-]#[N+]c1ccc(-c2ccc(OCCCCOCC(COC(=O)C=C)OC(=O)C=C)cc2)cc1. The Bertz CT molecular complexity index is 2150. The number of ether oxygens (including phenoxy) is 7. The predicted octanol–water partition coefficient (Wildman–Crippen LogP) is 9.02. The highest BCUT2D eigenvalue weighted by Crippen LogP contribution is 2.26. The molecule has 2 atom stereocenters. The number of carbonyl (C=O) groups excluding carboxylic acids is 4. The summed E-state index contributed by atoms with van der Waals surface area (Å²) in [5.41, 5.74) is 5.25. The van der Waals surface area contributed by atoms with E-state index in [-0.39, 0.29) is 26.4 Å². The van der Waals surface area contributed by atoms with Crippen molar-refractivity contribution in [3.05, 3.63) is 171 Å². The Balaban J connectivity index is 0.000000330. The number of esters is 4. The van der Waals surface area contributed by atoms with Crippen molar-refractivity contribution in [3.63, 3.8) is 0 Å². The number of benzene rings is 4. The van der Waals surface area contributed by atoms with E-state index in [9.17, 15) is 19.2 Å². The molecule has 0 saturated carbocycles. The number of hydrogen-bond acceptors (Lipinski definition) is 11. The summed E-state index contributed by atoms with van der Waals surface area (Å²) in [5.74, 6) is -1.13. The lowest BCUT2D eigenvalue weighted by Gasteiger charge is -2.17. The third-order valence-electron chi connectivity index (χ3n) is 8.11. The normalized spacial score (nSPS) is 10.9. The summed E-state index contributed by atoms with van der Waals surface area (Å²) in [6.45, 7) is 28.1. The minimum Gasteiger partial charge on any atom is -0.494 e. The number of rotatable bonds is 23. The first-order chi connectivity index (χ1) is 29.6. The zero-order valence-electron chi connectivity index (χ0n) is 33.6. The summed E-state index contributed by atoms with van der Waals surface area (Å²) < 4.78 is 37.0. The number of hydrogen-bond donors (Lipinski definition) is 0. The Labute approximate surface area is 355 Å². The van der Waals surface area contributed by atoms with Gasteiger partial charge in [0.1, 0.15) is 31.3 Å². The van der Waals surface area contributed by atoms with Crippen LogP contribution in [0.15, 0.2) is 148 Å². The van der Waals surface area contributed by atoms with Crippen molar-refractivity contribution >= 4 is 35.3 Å². The average Bonchev–Trinajstić information content (AvgIpc) is 3.31. The van der Waals surface area contributed by atoms with Gasteiger partial charge in [-0.15, -0.1) is 0 Å². The van der Waals surface area contributed by atoms with Crippen LogP contribution in [-0.4, -0.2) is 75.7 Å². The van der Waals surface area contributed by atoms with E-state index in [0.29, 0.717) is 30.3 Å². The monoisotopic (exact) mass is 826 g/mol. The van der Waals surface area contributed by atoms with Gasteiger partial charge in [0.25, 0.3) is 0 Å². The highest BCUT2D eigenvalue weighted by atomic mass is 16.6. The molecule has 0 heterocycles. The first kappa shape index (κ1) is 47.6. The molecule has 0 aliphatic carbocycles. The summed E-state index contributed by atoms with van der Waals surface area (Å²) in [5, 5.41) is 0. The second-order valence-corrected chi connectivity index (χ2v) is 12.5. The molecule has 314 valence electrons. The maximum atomic E-state index is 11.4. The smallest absolute Gasteiger partial charge is 0.330 e. The van der Waals surface area contributed by atoms with E-state index in [4.69, 9.17) is 46.3 Å².